The Labute approximate surface area is 111 Å². The molecule has 2 rings (SSSR count). The van der Waals surface area contributed by atoms with Gasteiger partial charge in [0.1, 0.15) is 17.9 Å². The molecule has 1 N–H and O–H groups in total. The molecule has 0 radical (unpaired) electrons. The molecule has 2 unspecified atom stereocenters. The summed E-state index contributed by atoms with van der Waals surface area (Å²) in [7, 11) is 1.36. The van der Waals surface area contributed by atoms with E-state index in [1.807, 2.05) is 6.07 Å². The van der Waals surface area contributed by atoms with E-state index in [9.17, 15) is 9.59 Å². The topological polar surface area (TPSA) is 64.6 Å². The zero-order valence-corrected chi connectivity index (χ0v) is 11.0. The second-order valence-electron chi connectivity index (χ2n) is 4.51. The summed E-state index contributed by atoms with van der Waals surface area (Å²) in [5.74, 6) is 0.240. The van der Waals surface area contributed by atoms with Crippen molar-refractivity contribution in [1.82, 2.24) is 5.32 Å². The first-order valence-electron chi connectivity index (χ1n) is 6.19. The Morgan fingerprint density at radius 3 is 2.74 bits per heavy atom. The minimum Gasteiger partial charge on any atom is -0.488 e. The molecule has 2 atom stereocenters. The summed E-state index contributed by atoms with van der Waals surface area (Å²) in [4.78, 5) is 22.9. The van der Waals surface area contributed by atoms with Crippen molar-refractivity contribution in [3.63, 3.8) is 0 Å². The number of ketones is 1. The summed E-state index contributed by atoms with van der Waals surface area (Å²) in [6.45, 7) is 2.07. The Morgan fingerprint density at radius 1 is 1.32 bits per heavy atom. The van der Waals surface area contributed by atoms with Gasteiger partial charge in [0.2, 0.25) is 0 Å². The highest BCUT2D eigenvalue weighted by Crippen LogP contribution is 2.22. The molecule has 1 aliphatic rings. The van der Waals surface area contributed by atoms with Gasteiger partial charge in [-0.1, -0.05) is 12.1 Å². The lowest BCUT2D eigenvalue weighted by Gasteiger charge is -2.15. The van der Waals surface area contributed by atoms with E-state index in [0.29, 0.717) is 24.3 Å². The van der Waals surface area contributed by atoms with Crippen molar-refractivity contribution >= 4 is 11.8 Å². The van der Waals surface area contributed by atoms with Crippen molar-refractivity contribution in [2.45, 2.75) is 25.5 Å². The normalized spacial score (nSPS) is 22.0. The van der Waals surface area contributed by atoms with Gasteiger partial charge in [0.25, 0.3) is 0 Å². The predicted octanol–water partition coefficient (Wildman–Crippen LogP) is 1.17. The molecule has 1 saturated heterocycles. The first kappa shape index (κ1) is 13.5. The smallest absolute Gasteiger partial charge is 0.323 e. The van der Waals surface area contributed by atoms with E-state index in [4.69, 9.17) is 4.74 Å². The number of para-hydroxylation sites is 1. The van der Waals surface area contributed by atoms with Crippen molar-refractivity contribution in [2.75, 3.05) is 13.7 Å². The highest BCUT2D eigenvalue weighted by Gasteiger charge is 2.31. The Bertz CT molecular complexity index is 486. The van der Waals surface area contributed by atoms with E-state index in [1.165, 1.54) is 14.0 Å². The molecule has 1 fully saturated rings. The maximum Gasteiger partial charge on any atom is 0.323 e. The molecular formula is C14H17NO4. The van der Waals surface area contributed by atoms with Gasteiger partial charge in [-0.05, 0) is 19.1 Å². The second kappa shape index (κ2) is 5.84. The lowest BCUT2D eigenvalue weighted by molar-refractivity contribution is -0.142. The molecule has 1 aromatic carbocycles. The molecule has 0 amide bonds. The molecule has 102 valence electrons. The van der Waals surface area contributed by atoms with Crippen molar-refractivity contribution in [3.8, 4) is 5.75 Å². The number of ether oxygens (including phenoxy) is 2. The van der Waals surface area contributed by atoms with E-state index in [1.54, 1.807) is 18.2 Å². The van der Waals surface area contributed by atoms with Crippen LogP contribution in [0.2, 0.25) is 0 Å². The van der Waals surface area contributed by atoms with Crippen LogP contribution in [0.1, 0.15) is 23.7 Å². The van der Waals surface area contributed by atoms with Crippen LogP contribution in [0.5, 0.6) is 5.75 Å². The van der Waals surface area contributed by atoms with Crippen molar-refractivity contribution in [1.29, 1.82) is 0 Å². The van der Waals surface area contributed by atoms with Crippen molar-refractivity contribution < 1.29 is 19.1 Å². The molecule has 0 saturated carbocycles. The number of nitrogens with one attached hydrogen (secondary N) is 1. The highest BCUT2D eigenvalue weighted by atomic mass is 16.5. The Morgan fingerprint density at radius 2 is 2.05 bits per heavy atom. The molecule has 1 aliphatic heterocycles. The first-order chi connectivity index (χ1) is 9.11. The Balaban J connectivity index is 2.03. The van der Waals surface area contributed by atoms with Gasteiger partial charge in [0.15, 0.2) is 5.78 Å². The molecule has 0 aromatic heterocycles. The third kappa shape index (κ3) is 3.12. The van der Waals surface area contributed by atoms with Crippen LogP contribution in [-0.2, 0) is 9.53 Å². The van der Waals surface area contributed by atoms with Gasteiger partial charge in [-0.2, -0.15) is 0 Å². The SMILES string of the molecule is COC(=O)C1CC(Oc2ccccc2C(C)=O)CN1. The molecule has 19 heavy (non-hydrogen) atoms. The number of carbonyl (C=O) groups excluding carboxylic acids is 2. The van der Waals surface area contributed by atoms with Crippen LogP contribution < -0.4 is 10.1 Å². The fraction of sp³-hybridized carbons (Fsp3) is 0.429. The van der Waals surface area contributed by atoms with Crippen LogP contribution in [0.15, 0.2) is 24.3 Å². The van der Waals surface area contributed by atoms with Gasteiger partial charge in [0, 0.05) is 13.0 Å². The first-order valence-corrected chi connectivity index (χ1v) is 6.19. The fourth-order valence-corrected chi connectivity index (χ4v) is 2.15. The molecular weight excluding hydrogens is 246 g/mol. The quantitative estimate of drug-likeness (QED) is 0.652. The number of hydrogen-bond acceptors (Lipinski definition) is 5. The predicted molar refractivity (Wildman–Crippen MR) is 69.3 cm³/mol. The third-order valence-corrected chi connectivity index (χ3v) is 3.14. The second-order valence-corrected chi connectivity index (χ2v) is 4.51. The van der Waals surface area contributed by atoms with Gasteiger partial charge in [-0.15, -0.1) is 0 Å². The summed E-state index contributed by atoms with van der Waals surface area (Å²) >= 11 is 0. The highest BCUT2D eigenvalue weighted by molar-refractivity contribution is 5.96. The number of rotatable bonds is 4. The van der Waals surface area contributed by atoms with Crippen LogP contribution in [0.3, 0.4) is 0 Å². The molecule has 5 nitrogen and oxygen atoms in total. The fourth-order valence-electron chi connectivity index (χ4n) is 2.15. The van der Waals surface area contributed by atoms with Crippen LogP contribution >= 0.6 is 0 Å². The summed E-state index contributed by atoms with van der Waals surface area (Å²) in [5, 5.41) is 3.04. The number of methoxy groups -OCH3 is 1. The van der Waals surface area contributed by atoms with E-state index in [-0.39, 0.29) is 23.9 Å². The van der Waals surface area contributed by atoms with Crippen LogP contribution in [0.25, 0.3) is 0 Å². The molecule has 1 heterocycles. The summed E-state index contributed by atoms with van der Waals surface area (Å²) in [5.41, 5.74) is 0.559. The zero-order chi connectivity index (χ0) is 13.8. The third-order valence-electron chi connectivity index (χ3n) is 3.14. The summed E-state index contributed by atoms with van der Waals surface area (Å²) < 4.78 is 10.5. The molecule has 1 aromatic rings. The van der Waals surface area contributed by atoms with Gasteiger partial charge in [-0.25, -0.2) is 0 Å². The summed E-state index contributed by atoms with van der Waals surface area (Å²) in [6, 6.07) is 6.79. The van der Waals surface area contributed by atoms with E-state index < -0.39 is 0 Å². The number of benzene rings is 1. The lowest BCUT2D eigenvalue weighted by Crippen LogP contribution is -2.31. The van der Waals surface area contributed by atoms with E-state index >= 15 is 0 Å². The van der Waals surface area contributed by atoms with Gasteiger partial charge in [0.05, 0.1) is 12.7 Å². The molecule has 5 heteroatoms. The van der Waals surface area contributed by atoms with Gasteiger partial charge >= 0.3 is 5.97 Å². The number of esters is 1. The lowest BCUT2D eigenvalue weighted by atomic mass is 10.1. The van der Waals surface area contributed by atoms with Crippen molar-refractivity contribution in [2.24, 2.45) is 0 Å². The zero-order valence-electron chi connectivity index (χ0n) is 11.0. The van der Waals surface area contributed by atoms with E-state index in [0.717, 1.165) is 0 Å². The standard InChI is InChI=1S/C14H17NO4/c1-9(16)11-5-3-4-6-13(11)19-10-7-12(15-8-10)14(17)18-2/h3-6,10,12,15H,7-8H2,1-2H3. The molecule has 0 spiro atoms. The van der Waals surface area contributed by atoms with E-state index in [2.05, 4.69) is 10.1 Å². The van der Waals surface area contributed by atoms with Crippen LogP contribution in [-0.4, -0.2) is 37.6 Å². The minimum absolute atomic E-state index is 0.0360. The van der Waals surface area contributed by atoms with Crippen LogP contribution in [0, 0.1) is 0 Å². The maximum atomic E-state index is 11.5. The Kier molecular flexibility index (Phi) is 4.16. The van der Waals surface area contributed by atoms with Gasteiger partial charge < -0.3 is 14.8 Å². The minimum atomic E-state index is -0.334. The molecule has 0 bridgehead atoms. The summed E-state index contributed by atoms with van der Waals surface area (Å²) in [6.07, 6.45) is 0.406. The average Bonchev–Trinajstić information content (AvgIpc) is 2.86. The number of hydrogen-bond donors (Lipinski definition) is 1. The van der Waals surface area contributed by atoms with Crippen LogP contribution in [0.4, 0.5) is 0 Å². The molecule has 0 aliphatic carbocycles. The number of carbonyl (C=O) groups is 2. The van der Waals surface area contributed by atoms with Crippen molar-refractivity contribution in [3.05, 3.63) is 29.8 Å². The number of Topliss-reactive ketones (excluding diaryl/α,β-unsaturated/α-hetero) is 1. The maximum absolute atomic E-state index is 11.5. The Hall–Kier alpha value is -1.88. The monoisotopic (exact) mass is 263 g/mol. The average molecular weight is 263 g/mol. The van der Waals surface area contributed by atoms with Gasteiger partial charge in [-0.3, -0.25) is 9.59 Å². The largest absolute Gasteiger partial charge is 0.488 e.